The fourth-order valence-corrected chi connectivity index (χ4v) is 0.687. The summed E-state index contributed by atoms with van der Waals surface area (Å²) in [5, 5.41) is 0. The fraction of sp³-hybridized carbons (Fsp3) is 1.00. The topological polar surface area (TPSA) is 18.5 Å². The van der Waals surface area contributed by atoms with Crippen LogP contribution in [0.3, 0.4) is 0 Å². The minimum atomic E-state index is -1.56. The van der Waals surface area contributed by atoms with Crippen molar-refractivity contribution in [3.05, 3.63) is 0 Å². The Balaban J connectivity index is 2.45. The molecule has 54 valence electrons. The van der Waals surface area contributed by atoms with Gasteiger partial charge in [0, 0.05) is 0 Å². The molecule has 0 aromatic carbocycles. The normalized spacial score (nSPS) is 24.7. The second-order valence-corrected chi connectivity index (χ2v) is 1.87. The summed E-state index contributed by atoms with van der Waals surface area (Å²) in [6, 6.07) is 0. The molecule has 2 nitrogen and oxygen atoms in total. The van der Waals surface area contributed by atoms with Gasteiger partial charge in [-0.15, -0.1) is 0 Å². The lowest BCUT2D eigenvalue weighted by atomic mass is 10.3. The number of hydrogen-bond donors (Lipinski definition) is 0. The second kappa shape index (κ2) is 2.58. The Kier molecular flexibility index (Phi) is 1.97. The third kappa shape index (κ3) is 1.19. The quantitative estimate of drug-likeness (QED) is 0.558. The van der Waals surface area contributed by atoms with Crippen LogP contribution in [0.5, 0.6) is 0 Å². The zero-order valence-electron chi connectivity index (χ0n) is 4.90. The van der Waals surface area contributed by atoms with Crippen molar-refractivity contribution in [3.8, 4) is 0 Å². The first-order valence-electron chi connectivity index (χ1n) is 2.73. The third-order valence-corrected chi connectivity index (χ3v) is 1.22. The maximum absolute atomic E-state index is 11.9. The van der Waals surface area contributed by atoms with Crippen LogP contribution in [0.15, 0.2) is 0 Å². The lowest BCUT2D eigenvalue weighted by molar-refractivity contribution is -0.178. The van der Waals surface area contributed by atoms with Crippen molar-refractivity contribution in [2.24, 2.45) is 0 Å². The van der Waals surface area contributed by atoms with Crippen LogP contribution in [0.4, 0.5) is 8.78 Å². The van der Waals surface area contributed by atoms with Crippen molar-refractivity contribution in [3.63, 3.8) is 0 Å². The van der Waals surface area contributed by atoms with Gasteiger partial charge < -0.3 is 9.47 Å². The summed E-state index contributed by atoms with van der Waals surface area (Å²) in [6.45, 7) is -1.26. The molecule has 0 aromatic heterocycles. The highest BCUT2D eigenvalue weighted by Gasteiger charge is 2.36. The summed E-state index contributed by atoms with van der Waals surface area (Å²) in [5.41, 5.74) is 0. The summed E-state index contributed by atoms with van der Waals surface area (Å²) in [4.78, 5) is 0. The molecule has 0 saturated carbocycles. The Labute approximate surface area is 51.8 Å². The Morgan fingerprint density at radius 3 is 1.78 bits per heavy atom. The van der Waals surface area contributed by atoms with E-state index in [4.69, 9.17) is 0 Å². The van der Waals surface area contributed by atoms with Crippen molar-refractivity contribution in [2.75, 3.05) is 26.6 Å². The largest absolute Gasteiger partial charge is 0.343 e. The monoisotopic (exact) mass is 138 g/mol. The summed E-state index contributed by atoms with van der Waals surface area (Å²) in [6.07, 6.45) is 0. The molecule has 1 rings (SSSR count). The van der Waals surface area contributed by atoms with Gasteiger partial charge in [0.2, 0.25) is 5.79 Å². The Bertz CT molecular complexity index is 85.0. The number of hydrogen-bond acceptors (Lipinski definition) is 2. The lowest BCUT2D eigenvalue weighted by Crippen LogP contribution is -2.35. The molecule has 1 fully saturated rings. The second-order valence-electron chi connectivity index (χ2n) is 1.87. The van der Waals surface area contributed by atoms with E-state index in [-0.39, 0.29) is 13.2 Å². The molecule has 0 bridgehead atoms. The highest BCUT2D eigenvalue weighted by atomic mass is 19.1. The van der Waals surface area contributed by atoms with Crippen molar-refractivity contribution < 1.29 is 18.3 Å². The van der Waals surface area contributed by atoms with Gasteiger partial charge in [0.25, 0.3) is 0 Å². The van der Waals surface area contributed by atoms with Gasteiger partial charge >= 0.3 is 0 Å². The van der Waals surface area contributed by atoms with E-state index in [2.05, 4.69) is 9.47 Å². The first-order chi connectivity index (χ1) is 4.33. The van der Waals surface area contributed by atoms with Crippen LogP contribution in [0, 0.1) is 0 Å². The minimum Gasteiger partial charge on any atom is -0.343 e. The van der Waals surface area contributed by atoms with E-state index in [1.807, 2.05) is 0 Å². The first-order valence-corrected chi connectivity index (χ1v) is 2.73. The zero-order chi connectivity index (χ0) is 6.74. The van der Waals surface area contributed by atoms with E-state index >= 15 is 0 Å². The fourth-order valence-electron chi connectivity index (χ4n) is 0.687. The van der Waals surface area contributed by atoms with Crippen LogP contribution in [0.2, 0.25) is 0 Å². The van der Waals surface area contributed by atoms with Gasteiger partial charge in [-0.3, -0.25) is 0 Å². The molecule has 1 aliphatic rings. The maximum atomic E-state index is 11.9. The van der Waals surface area contributed by atoms with Gasteiger partial charge in [-0.25, -0.2) is 8.78 Å². The zero-order valence-corrected chi connectivity index (χ0v) is 4.90. The Morgan fingerprint density at radius 1 is 1.11 bits per heavy atom. The molecule has 0 atom stereocenters. The number of halogens is 2. The number of ether oxygens (including phenoxy) is 2. The third-order valence-electron chi connectivity index (χ3n) is 1.22. The number of rotatable bonds is 2. The van der Waals surface area contributed by atoms with Crippen LogP contribution < -0.4 is 0 Å². The highest BCUT2D eigenvalue weighted by Crippen LogP contribution is 2.19. The van der Waals surface area contributed by atoms with Crippen molar-refractivity contribution in [1.82, 2.24) is 0 Å². The molecule has 0 spiro atoms. The van der Waals surface area contributed by atoms with Crippen LogP contribution in [-0.2, 0) is 9.47 Å². The molecule has 1 heterocycles. The summed E-state index contributed by atoms with van der Waals surface area (Å²) in [7, 11) is 0. The van der Waals surface area contributed by atoms with E-state index in [1.54, 1.807) is 0 Å². The standard InChI is InChI=1S/C5H8F2O2/c6-3-5(4-7)8-1-2-9-5/h1-4H2. The van der Waals surface area contributed by atoms with Crippen LogP contribution in [0.25, 0.3) is 0 Å². The molecule has 0 aliphatic carbocycles. The molecule has 0 amide bonds. The van der Waals surface area contributed by atoms with Gasteiger partial charge in [0.1, 0.15) is 13.3 Å². The smallest absolute Gasteiger partial charge is 0.226 e. The van der Waals surface area contributed by atoms with E-state index in [9.17, 15) is 8.78 Å². The minimum absolute atomic E-state index is 0.286. The van der Waals surface area contributed by atoms with Crippen molar-refractivity contribution in [2.45, 2.75) is 5.79 Å². The lowest BCUT2D eigenvalue weighted by Gasteiger charge is -2.18. The Hall–Kier alpha value is -0.220. The average Bonchev–Trinajstić information content (AvgIpc) is 2.36. The van der Waals surface area contributed by atoms with E-state index in [0.717, 1.165) is 0 Å². The summed E-state index contributed by atoms with van der Waals surface area (Å²) < 4.78 is 33.1. The van der Waals surface area contributed by atoms with Gasteiger partial charge in [0.15, 0.2) is 0 Å². The van der Waals surface area contributed by atoms with Crippen LogP contribution in [0.1, 0.15) is 0 Å². The van der Waals surface area contributed by atoms with E-state index < -0.39 is 19.1 Å². The van der Waals surface area contributed by atoms with Crippen molar-refractivity contribution >= 4 is 0 Å². The molecular formula is C5H8F2O2. The van der Waals surface area contributed by atoms with Crippen molar-refractivity contribution in [1.29, 1.82) is 0 Å². The molecule has 0 radical (unpaired) electrons. The molecule has 0 aromatic rings. The van der Waals surface area contributed by atoms with Crippen LogP contribution >= 0.6 is 0 Å². The SMILES string of the molecule is FCC1(CF)OCCO1. The predicted octanol–water partition coefficient (Wildman–Crippen LogP) is 0.669. The van der Waals surface area contributed by atoms with Gasteiger partial charge in [0.05, 0.1) is 13.2 Å². The molecule has 9 heavy (non-hydrogen) atoms. The summed E-state index contributed by atoms with van der Waals surface area (Å²) in [5.74, 6) is -1.56. The molecule has 0 N–H and O–H groups in total. The first kappa shape index (κ1) is 6.89. The molecule has 4 heteroatoms. The van der Waals surface area contributed by atoms with E-state index in [0.29, 0.717) is 0 Å². The molecule has 1 aliphatic heterocycles. The molecular weight excluding hydrogens is 130 g/mol. The highest BCUT2D eigenvalue weighted by molar-refractivity contribution is 4.71. The number of alkyl halides is 2. The summed E-state index contributed by atoms with van der Waals surface area (Å²) >= 11 is 0. The predicted molar refractivity (Wildman–Crippen MR) is 26.6 cm³/mol. The van der Waals surface area contributed by atoms with Crippen LogP contribution in [-0.4, -0.2) is 32.4 Å². The van der Waals surface area contributed by atoms with Gasteiger partial charge in [-0.1, -0.05) is 0 Å². The van der Waals surface area contributed by atoms with Gasteiger partial charge in [-0.05, 0) is 0 Å². The Morgan fingerprint density at radius 2 is 1.56 bits per heavy atom. The average molecular weight is 138 g/mol. The maximum Gasteiger partial charge on any atom is 0.226 e. The molecule has 1 saturated heterocycles. The van der Waals surface area contributed by atoms with Gasteiger partial charge in [-0.2, -0.15) is 0 Å². The van der Waals surface area contributed by atoms with E-state index in [1.165, 1.54) is 0 Å². The molecule has 0 unspecified atom stereocenters.